The molecule has 0 aliphatic heterocycles. The fourth-order valence-corrected chi connectivity index (χ4v) is 3.05. The smallest absolute Gasteiger partial charge is 0.344 e. The number of carbonyl (C=O) groups is 1. The van der Waals surface area contributed by atoms with Crippen LogP contribution in [0.4, 0.5) is 0 Å². The number of benzene rings is 1. The number of hydrogen-bond donors (Lipinski definition) is 1. The summed E-state index contributed by atoms with van der Waals surface area (Å²) >= 11 is 3.41. The Labute approximate surface area is 138 Å². The summed E-state index contributed by atoms with van der Waals surface area (Å²) < 4.78 is 11.8. The molecule has 2 aromatic rings. The van der Waals surface area contributed by atoms with Crippen molar-refractivity contribution in [3.05, 3.63) is 28.7 Å². The number of rotatable bonds is 5. The number of aromatic nitrogens is 1. The van der Waals surface area contributed by atoms with Crippen molar-refractivity contribution in [3.63, 3.8) is 0 Å². The van der Waals surface area contributed by atoms with E-state index in [1.165, 1.54) is 6.92 Å². The predicted octanol–water partition coefficient (Wildman–Crippen LogP) is 3.50. The van der Waals surface area contributed by atoms with Crippen molar-refractivity contribution in [2.75, 3.05) is 0 Å². The second-order valence-corrected chi connectivity index (χ2v) is 12.0. The first kappa shape index (κ1) is 16.8. The largest absolute Gasteiger partial charge is 0.479 e. The summed E-state index contributed by atoms with van der Waals surface area (Å²) in [7, 11) is -1.60. The third-order valence-electron chi connectivity index (χ3n) is 3.12. The van der Waals surface area contributed by atoms with Crippen LogP contribution in [0.2, 0.25) is 19.6 Å². The van der Waals surface area contributed by atoms with Gasteiger partial charge in [-0.15, -0.1) is 0 Å². The fourth-order valence-electron chi connectivity index (χ4n) is 1.80. The number of carboxylic acid groups (broad SMARTS) is 1. The quantitative estimate of drug-likeness (QED) is 0.799. The van der Waals surface area contributed by atoms with E-state index in [1.54, 1.807) is 12.1 Å². The molecule has 118 valence electrons. The van der Waals surface area contributed by atoms with E-state index in [2.05, 4.69) is 40.7 Å². The molecule has 1 aromatic heterocycles. The molecule has 1 atom stereocenters. The molecule has 1 heterocycles. The summed E-state index contributed by atoms with van der Waals surface area (Å²) in [4.78, 5) is 11.0. The van der Waals surface area contributed by atoms with Crippen LogP contribution in [0.1, 0.15) is 6.92 Å². The summed E-state index contributed by atoms with van der Waals surface area (Å²) in [5, 5.41) is 14.0. The fraction of sp³-hybridized carbons (Fsp3) is 0.333. The molecule has 0 fully saturated rings. The van der Waals surface area contributed by atoms with Crippen molar-refractivity contribution < 1.29 is 19.2 Å². The van der Waals surface area contributed by atoms with Gasteiger partial charge in [0.05, 0.1) is 0 Å². The summed E-state index contributed by atoms with van der Waals surface area (Å²) in [6.45, 7) is 8.00. The first-order valence-corrected chi connectivity index (χ1v) is 11.1. The van der Waals surface area contributed by atoms with E-state index in [4.69, 9.17) is 14.4 Å². The van der Waals surface area contributed by atoms with Gasteiger partial charge < -0.3 is 14.4 Å². The van der Waals surface area contributed by atoms with Crippen molar-refractivity contribution in [1.82, 2.24) is 5.16 Å². The van der Waals surface area contributed by atoms with Gasteiger partial charge >= 0.3 is 5.97 Å². The molecule has 2 rings (SSSR count). The van der Waals surface area contributed by atoms with Gasteiger partial charge in [-0.25, -0.2) is 4.79 Å². The van der Waals surface area contributed by atoms with Crippen LogP contribution in [0.15, 0.2) is 33.3 Å². The van der Waals surface area contributed by atoms with Crippen LogP contribution in [0, 0.1) is 0 Å². The lowest BCUT2D eigenvalue weighted by Gasteiger charge is -2.13. The third kappa shape index (κ3) is 3.78. The molecule has 0 aliphatic rings. The molecule has 1 N–H and O–H groups in total. The number of aliphatic carboxylic acids is 1. The zero-order valence-electron chi connectivity index (χ0n) is 12.9. The Hall–Kier alpha value is -1.60. The minimum Gasteiger partial charge on any atom is -0.479 e. The van der Waals surface area contributed by atoms with Crippen LogP contribution in [-0.4, -0.2) is 30.4 Å². The number of nitrogens with zero attached hydrogens (tertiary/aromatic N) is 1. The molecule has 0 radical (unpaired) electrons. The normalized spacial score (nSPS) is 13.0. The lowest BCUT2D eigenvalue weighted by Crippen LogP contribution is -2.36. The lowest BCUT2D eigenvalue weighted by atomic mass is 10.1. The van der Waals surface area contributed by atoms with E-state index < -0.39 is 20.1 Å². The van der Waals surface area contributed by atoms with E-state index in [1.807, 2.05) is 12.1 Å². The molecule has 0 saturated carbocycles. The van der Waals surface area contributed by atoms with E-state index >= 15 is 0 Å². The standard InChI is InChI=1S/C15H18BrNO4Si/c1-9(15(18)19)20-13-6-5-10(16)7-11(13)12-8-14(21-17-12)22(2,3)4/h5-9H,1-4H3,(H,18,19). The van der Waals surface area contributed by atoms with Crippen LogP contribution < -0.4 is 10.1 Å². The van der Waals surface area contributed by atoms with Crippen molar-refractivity contribution in [2.45, 2.75) is 32.7 Å². The molecule has 1 unspecified atom stereocenters. The molecular weight excluding hydrogens is 366 g/mol. The van der Waals surface area contributed by atoms with Crippen molar-refractivity contribution in [3.8, 4) is 17.0 Å². The number of hydrogen-bond acceptors (Lipinski definition) is 4. The third-order valence-corrected chi connectivity index (χ3v) is 5.33. The van der Waals surface area contributed by atoms with Gasteiger partial charge in [0.2, 0.25) is 0 Å². The highest BCUT2D eigenvalue weighted by Gasteiger charge is 2.24. The number of carboxylic acids is 1. The monoisotopic (exact) mass is 383 g/mol. The minimum absolute atomic E-state index is 0.466. The molecule has 22 heavy (non-hydrogen) atoms. The zero-order chi connectivity index (χ0) is 16.5. The summed E-state index contributed by atoms with van der Waals surface area (Å²) in [5.74, 6) is -0.551. The summed E-state index contributed by atoms with van der Waals surface area (Å²) in [6, 6.07) is 7.27. The number of halogens is 1. The highest BCUT2D eigenvalue weighted by Crippen LogP contribution is 2.32. The maximum Gasteiger partial charge on any atom is 0.344 e. The molecular formula is C15H18BrNO4Si. The van der Waals surface area contributed by atoms with Crippen LogP contribution in [0.25, 0.3) is 11.3 Å². The first-order valence-electron chi connectivity index (χ1n) is 6.85. The van der Waals surface area contributed by atoms with E-state index in [9.17, 15) is 4.79 Å². The lowest BCUT2D eigenvalue weighted by molar-refractivity contribution is -0.144. The Morgan fingerprint density at radius 2 is 2.05 bits per heavy atom. The van der Waals surface area contributed by atoms with Gasteiger partial charge in [0, 0.05) is 16.1 Å². The van der Waals surface area contributed by atoms with E-state index in [0.29, 0.717) is 17.0 Å². The Morgan fingerprint density at radius 3 is 2.59 bits per heavy atom. The predicted molar refractivity (Wildman–Crippen MR) is 90.3 cm³/mol. The van der Waals surface area contributed by atoms with Crippen LogP contribution in [-0.2, 0) is 4.79 Å². The van der Waals surface area contributed by atoms with E-state index in [-0.39, 0.29) is 0 Å². The average molecular weight is 384 g/mol. The molecule has 5 nitrogen and oxygen atoms in total. The summed E-state index contributed by atoms with van der Waals surface area (Å²) in [5.41, 5.74) is 1.35. The van der Waals surface area contributed by atoms with Gasteiger partial charge in [0.15, 0.2) is 6.10 Å². The van der Waals surface area contributed by atoms with Gasteiger partial charge in [-0.1, -0.05) is 40.7 Å². The Bertz CT molecular complexity index is 693. The second-order valence-electron chi connectivity index (χ2n) is 6.07. The second kappa shape index (κ2) is 6.25. The summed E-state index contributed by atoms with van der Waals surface area (Å²) in [6.07, 6.45) is -0.941. The van der Waals surface area contributed by atoms with Crippen molar-refractivity contribution in [1.29, 1.82) is 0 Å². The molecule has 0 spiro atoms. The van der Waals surface area contributed by atoms with Gasteiger partial charge in [-0.05, 0) is 25.1 Å². The SMILES string of the molecule is CC(Oc1ccc(Br)cc1-c1cc([Si](C)(C)C)on1)C(=O)O. The molecule has 1 aromatic carbocycles. The van der Waals surface area contributed by atoms with Crippen molar-refractivity contribution in [2.24, 2.45) is 0 Å². The van der Waals surface area contributed by atoms with Crippen LogP contribution >= 0.6 is 15.9 Å². The Kier molecular flexibility index (Phi) is 4.77. The Morgan fingerprint density at radius 1 is 1.36 bits per heavy atom. The first-order chi connectivity index (χ1) is 10.2. The highest BCUT2D eigenvalue weighted by molar-refractivity contribution is 9.10. The highest BCUT2D eigenvalue weighted by atomic mass is 79.9. The number of ether oxygens (including phenoxy) is 1. The zero-order valence-corrected chi connectivity index (χ0v) is 15.5. The van der Waals surface area contributed by atoms with Crippen LogP contribution in [0.3, 0.4) is 0 Å². The maximum atomic E-state index is 11.0. The molecule has 0 aliphatic carbocycles. The average Bonchev–Trinajstić information content (AvgIpc) is 2.90. The van der Waals surface area contributed by atoms with E-state index in [0.717, 1.165) is 9.86 Å². The molecule has 0 bridgehead atoms. The minimum atomic E-state index is -1.60. The maximum absolute atomic E-state index is 11.0. The van der Waals surface area contributed by atoms with Gasteiger partial charge in [0.1, 0.15) is 24.9 Å². The van der Waals surface area contributed by atoms with Crippen LogP contribution in [0.5, 0.6) is 5.75 Å². The van der Waals surface area contributed by atoms with Gasteiger partial charge in [0.25, 0.3) is 0 Å². The Balaban J connectivity index is 2.43. The van der Waals surface area contributed by atoms with Gasteiger partial charge in [-0.2, -0.15) is 0 Å². The molecule has 7 heteroatoms. The molecule has 0 amide bonds. The van der Waals surface area contributed by atoms with Gasteiger partial charge in [-0.3, -0.25) is 0 Å². The topological polar surface area (TPSA) is 72.6 Å². The van der Waals surface area contributed by atoms with Crippen molar-refractivity contribution >= 4 is 35.4 Å². The molecule has 0 saturated heterocycles.